The summed E-state index contributed by atoms with van der Waals surface area (Å²) >= 11 is 0. The number of hydrogen-bond acceptors (Lipinski definition) is 4. The van der Waals surface area contributed by atoms with Gasteiger partial charge in [0.15, 0.2) is 0 Å². The first-order chi connectivity index (χ1) is 9.95. The van der Waals surface area contributed by atoms with E-state index in [0.717, 1.165) is 25.7 Å². The maximum Gasteiger partial charge on any atom is 1.00 e. The predicted molar refractivity (Wildman–Crippen MR) is 86.3 cm³/mol. The number of aliphatic hydroxyl groups is 1. The van der Waals surface area contributed by atoms with Crippen molar-refractivity contribution in [2.45, 2.75) is 96.5 Å². The summed E-state index contributed by atoms with van der Waals surface area (Å²) in [6.07, 6.45) is 13.3. The summed E-state index contributed by atoms with van der Waals surface area (Å²) in [6.45, 7) is 2.22. The normalized spacial score (nSPS) is 12.9. The second kappa shape index (κ2) is 17.3. The Morgan fingerprint density at radius 3 is 1.68 bits per heavy atom. The van der Waals surface area contributed by atoms with Crippen LogP contribution in [-0.4, -0.2) is 29.9 Å². The fraction of sp³-hybridized carbons (Fsp3) is 1.00. The van der Waals surface area contributed by atoms with E-state index in [9.17, 15) is 18.1 Å². The van der Waals surface area contributed by atoms with Gasteiger partial charge in [0.05, 0.1) is 16.2 Å². The van der Waals surface area contributed by atoms with Crippen LogP contribution in [0.25, 0.3) is 0 Å². The Morgan fingerprint density at radius 1 is 0.818 bits per heavy atom. The van der Waals surface area contributed by atoms with Gasteiger partial charge in [-0.05, 0) is 19.3 Å². The standard InChI is InChI=1S/C16H34O4S.K/c1-2-3-4-5-6-7-8-10-13-16(17)14-11-9-12-15-21(18,19)20;/h16-17H,2-15H2,1H3,(H,18,19,20);/q;+1/p-1. The number of rotatable bonds is 15. The SMILES string of the molecule is CCCCCCCCCCC(O)CCCCCS(=O)(=O)[O-].[K+]. The smallest absolute Gasteiger partial charge is 0.748 e. The molecule has 1 N–H and O–H groups in total. The molecule has 0 aromatic heterocycles. The first kappa shape index (κ1) is 25.7. The minimum Gasteiger partial charge on any atom is -0.748 e. The van der Waals surface area contributed by atoms with Crippen molar-refractivity contribution in [3.05, 3.63) is 0 Å². The predicted octanol–water partition coefficient (Wildman–Crippen LogP) is 0.988. The Hall–Kier alpha value is 1.51. The van der Waals surface area contributed by atoms with Gasteiger partial charge in [0.2, 0.25) is 0 Å². The van der Waals surface area contributed by atoms with E-state index in [1.165, 1.54) is 44.9 Å². The van der Waals surface area contributed by atoms with Gasteiger partial charge in [0.25, 0.3) is 0 Å². The van der Waals surface area contributed by atoms with Crippen LogP contribution in [0, 0.1) is 0 Å². The van der Waals surface area contributed by atoms with Crippen LogP contribution < -0.4 is 51.4 Å². The molecule has 1 atom stereocenters. The molecule has 6 heteroatoms. The van der Waals surface area contributed by atoms with E-state index in [2.05, 4.69) is 6.92 Å². The summed E-state index contributed by atoms with van der Waals surface area (Å²) in [7, 11) is -4.07. The second-order valence-corrected chi connectivity index (χ2v) is 7.55. The molecule has 0 rings (SSSR count). The number of aliphatic hydroxyl groups excluding tert-OH is 1. The summed E-state index contributed by atoms with van der Waals surface area (Å²) in [5.74, 6) is -0.277. The molecule has 0 aliphatic carbocycles. The Morgan fingerprint density at radius 2 is 1.23 bits per heavy atom. The van der Waals surface area contributed by atoms with Crippen LogP contribution in [0.2, 0.25) is 0 Å². The molecule has 0 spiro atoms. The zero-order chi connectivity index (χ0) is 16.0. The van der Waals surface area contributed by atoms with Gasteiger partial charge in [-0.15, -0.1) is 0 Å². The van der Waals surface area contributed by atoms with Crippen molar-refractivity contribution < 1.29 is 69.5 Å². The van der Waals surface area contributed by atoms with Gasteiger partial charge >= 0.3 is 51.4 Å². The molecular weight excluding hydrogens is 327 g/mol. The molecule has 0 saturated heterocycles. The largest absolute Gasteiger partial charge is 1.00 e. The summed E-state index contributed by atoms with van der Waals surface area (Å²) in [6, 6.07) is 0. The van der Waals surface area contributed by atoms with Crippen LogP contribution in [0.4, 0.5) is 0 Å². The molecule has 0 aliphatic heterocycles. The topological polar surface area (TPSA) is 77.4 Å². The van der Waals surface area contributed by atoms with E-state index < -0.39 is 10.1 Å². The minimum absolute atomic E-state index is 0. The first-order valence-corrected chi connectivity index (χ1v) is 10.1. The molecule has 4 nitrogen and oxygen atoms in total. The molecule has 128 valence electrons. The van der Waals surface area contributed by atoms with E-state index in [4.69, 9.17) is 0 Å². The van der Waals surface area contributed by atoms with Gasteiger partial charge in [-0.3, -0.25) is 0 Å². The molecule has 0 radical (unpaired) electrons. The first-order valence-electron chi connectivity index (χ1n) is 8.57. The van der Waals surface area contributed by atoms with E-state index in [1.54, 1.807) is 0 Å². The molecule has 1 unspecified atom stereocenters. The average molecular weight is 361 g/mol. The monoisotopic (exact) mass is 360 g/mol. The third kappa shape index (κ3) is 21.5. The van der Waals surface area contributed by atoms with Crippen LogP contribution in [0.15, 0.2) is 0 Å². The van der Waals surface area contributed by atoms with Crippen molar-refractivity contribution in [2.24, 2.45) is 0 Å². The van der Waals surface area contributed by atoms with Gasteiger partial charge in [-0.25, -0.2) is 8.42 Å². The maximum absolute atomic E-state index is 10.4. The zero-order valence-corrected chi connectivity index (χ0v) is 18.5. The summed E-state index contributed by atoms with van der Waals surface area (Å²) in [4.78, 5) is 0. The fourth-order valence-corrected chi connectivity index (χ4v) is 3.05. The fourth-order valence-electron chi connectivity index (χ4n) is 2.49. The van der Waals surface area contributed by atoms with Crippen molar-refractivity contribution in [1.29, 1.82) is 0 Å². The van der Waals surface area contributed by atoms with Crippen molar-refractivity contribution in [3.8, 4) is 0 Å². The molecule has 22 heavy (non-hydrogen) atoms. The average Bonchev–Trinajstić information content (AvgIpc) is 2.40. The van der Waals surface area contributed by atoms with Gasteiger partial charge in [0.1, 0.15) is 0 Å². The van der Waals surface area contributed by atoms with Gasteiger partial charge in [-0.1, -0.05) is 71.1 Å². The third-order valence-corrected chi connectivity index (χ3v) is 4.61. The van der Waals surface area contributed by atoms with Crippen molar-refractivity contribution in [2.75, 3.05) is 5.75 Å². The summed E-state index contributed by atoms with van der Waals surface area (Å²) < 4.78 is 31.2. The Kier molecular flexibility index (Phi) is 20.3. The molecule has 0 bridgehead atoms. The third-order valence-electron chi connectivity index (χ3n) is 3.82. The van der Waals surface area contributed by atoms with E-state index in [-0.39, 0.29) is 63.2 Å². The number of hydrogen-bond donors (Lipinski definition) is 1. The van der Waals surface area contributed by atoms with E-state index >= 15 is 0 Å². The zero-order valence-electron chi connectivity index (χ0n) is 14.6. The second-order valence-electron chi connectivity index (χ2n) is 6.03. The Labute approximate surface area is 180 Å². The number of unbranched alkanes of at least 4 members (excludes halogenated alkanes) is 9. The van der Waals surface area contributed by atoms with Crippen LogP contribution >= 0.6 is 0 Å². The van der Waals surface area contributed by atoms with Crippen LogP contribution in [-0.2, 0) is 10.1 Å². The Bertz CT molecular complexity index is 320. The van der Waals surface area contributed by atoms with Gasteiger partial charge < -0.3 is 9.66 Å². The van der Waals surface area contributed by atoms with Crippen LogP contribution in [0.3, 0.4) is 0 Å². The molecule has 0 aromatic carbocycles. The van der Waals surface area contributed by atoms with Crippen molar-refractivity contribution >= 4 is 10.1 Å². The van der Waals surface area contributed by atoms with Gasteiger partial charge in [0, 0.05) is 5.75 Å². The van der Waals surface area contributed by atoms with Crippen molar-refractivity contribution in [1.82, 2.24) is 0 Å². The Balaban J connectivity index is 0. The quantitative estimate of drug-likeness (QED) is 0.268. The molecular formula is C16H33KO4S. The van der Waals surface area contributed by atoms with E-state index in [1.807, 2.05) is 0 Å². The van der Waals surface area contributed by atoms with Crippen LogP contribution in [0.5, 0.6) is 0 Å². The molecule has 0 amide bonds. The minimum atomic E-state index is -4.07. The molecule has 0 aromatic rings. The molecule has 0 fully saturated rings. The maximum atomic E-state index is 10.4. The van der Waals surface area contributed by atoms with Crippen molar-refractivity contribution in [3.63, 3.8) is 0 Å². The van der Waals surface area contributed by atoms with Gasteiger partial charge in [-0.2, -0.15) is 0 Å². The van der Waals surface area contributed by atoms with Crippen LogP contribution in [0.1, 0.15) is 90.4 Å². The molecule has 0 heterocycles. The molecule has 0 aliphatic rings. The summed E-state index contributed by atoms with van der Waals surface area (Å²) in [5.41, 5.74) is 0. The summed E-state index contributed by atoms with van der Waals surface area (Å²) in [5, 5.41) is 9.80. The molecule has 0 saturated carbocycles. The van der Waals surface area contributed by atoms with E-state index in [0.29, 0.717) is 12.8 Å².